The maximum atomic E-state index is 11.6. The molecule has 4 N–H and O–H groups in total. The molecule has 1 aliphatic heterocycles. The molecule has 0 unspecified atom stereocenters. The summed E-state index contributed by atoms with van der Waals surface area (Å²) in [5.74, 6) is 0.00209. The molecule has 0 aliphatic carbocycles. The average molecular weight is 466 g/mol. The van der Waals surface area contributed by atoms with Crippen LogP contribution < -0.4 is 10.9 Å². The molecule has 1 fully saturated rings. The number of hydrogen-bond acceptors (Lipinski definition) is 6. The van der Waals surface area contributed by atoms with Crippen molar-refractivity contribution in [1.82, 2.24) is 15.2 Å². The van der Waals surface area contributed by atoms with Gasteiger partial charge in [0.15, 0.2) is 0 Å². The summed E-state index contributed by atoms with van der Waals surface area (Å²) in [6.45, 7) is 4.89. The second-order valence-electron chi connectivity index (χ2n) is 8.99. The molecule has 34 heavy (non-hydrogen) atoms. The molecule has 2 atom stereocenters. The number of aliphatic hydroxyl groups is 1. The number of aliphatic hydroxyl groups excluding tert-OH is 1. The first-order valence-corrected chi connectivity index (χ1v) is 12.2. The number of nitrogens with zero attached hydrogens (tertiary/aromatic N) is 1. The Kier molecular flexibility index (Phi) is 8.71. The van der Waals surface area contributed by atoms with Gasteiger partial charge >= 0.3 is 0 Å². The van der Waals surface area contributed by atoms with Gasteiger partial charge in [-0.3, -0.25) is 9.69 Å². The summed E-state index contributed by atoms with van der Waals surface area (Å²) in [6, 6.07) is 17.2. The number of H-pyrrole nitrogens is 1. The maximum absolute atomic E-state index is 11.6. The molecular weight excluding hydrogens is 430 g/mol. The van der Waals surface area contributed by atoms with Crippen molar-refractivity contribution in [3.8, 4) is 5.75 Å². The van der Waals surface area contributed by atoms with Crippen LogP contribution in [0, 0.1) is 0 Å². The number of likely N-dealkylation sites (tertiary alicyclic amines) is 1. The van der Waals surface area contributed by atoms with Gasteiger partial charge in [0.1, 0.15) is 5.75 Å². The Bertz CT molecular complexity index is 1100. The lowest BCUT2D eigenvalue weighted by atomic mass is 10.0. The molecule has 1 aliphatic rings. The SMILES string of the molecule is O=c1ccc2c([C@@H](O)CNC[C@@H]3CCCN3CCCOCCc3ccccc3)ccc(O)c2[nH]1. The normalized spacial score (nSPS) is 17.4. The molecule has 0 saturated carbocycles. The summed E-state index contributed by atoms with van der Waals surface area (Å²) in [7, 11) is 0. The monoisotopic (exact) mass is 465 g/mol. The van der Waals surface area contributed by atoms with Crippen LogP contribution in [0.15, 0.2) is 59.4 Å². The lowest BCUT2D eigenvalue weighted by molar-refractivity contribution is 0.120. The standard InChI is InChI=1S/C27H35N3O4/c31-24-11-9-22(23-10-12-26(33)29-27(23)24)25(32)19-28-18-21-8-4-14-30(21)15-5-16-34-17-13-20-6-2-1-3-7-20/h1-3,6-7,9-12,21,25,28,31-32H,4-5,8,13-19H2,(H,29,33)/t21-,25-/m0/s1. The number of phenolic OH excluding ortho intramolecular Hbond substituents is 1. The second kappa shape index (κ2) is 12.1. The van der Waals surface area contributed by atoms with Crippen LogP contribution >= 0.6 is 0 Å². The van der Waals surface area contributed by atoms with Crippen LogP contribution in [-0.2, 0) is 11.2 Å². The highest BCUT2D eigenvalue weighted by atomic mass is 16.5. The number of aromatic amines is 1. The molecule has 2 aromatic carbocycles. The van der Waals surface area contributed by atoms with Gasteiger partial charge in [0.05, 0.1) is 18.2 Å². The van der Waals surface area contributed by atoms with Crippen LogP contribution in [0.25, 0.3) is 10.9 Å². The Morgan fingerprint density at radius 1 is 1.12 bits per heavy atom. The Morgan fingerprint density at radius 2 is 1.97 bits per heavy atom. The van der Waals surface area contributed by atoms with Gasteiger partial charge in [-0.05, 0) is 55.5 Å². The first-order chi connectivity index (χ1) is 16.6. The zero-order valence-corrected chi connectivity index (χ0v) is 19.6. The van der Waals surface area contributed by atoms with Crippen molar-refractivity contribution in [2.24, 2.45) is 0 Å². The number of ether oxygens (including phenoxy) is 1. The second-order valence-corrected chi connectivity index (χ2v) is 8.99. The van der Waals surface area contributed by atoms with E-state index in [2.05, 4.69) is 39.5 Å². The predicted octanol–water partition coefficient (Wildman–Crippen LogP) is 2.97. The first kappa shape index (κ1) is 24.4. The van der Waals surface area contributed by atoms with E-state index in [1.165, 1.54) is 24.1 Å². The van der Waals surface area contributed by atoms with Gasteiger partial charge in [-0.1, -0.05) is 36.4 Å². The van der Waals surface area contributed by atoms with E-state index in [0.717, 1.165) is 52.1 Å². The van der Waals surface area contributed by atoms with Gasteiger partial charge in [-0.15, -0.1) is 0 Å². The largest absolute Gasteiger partial charge is 0.506 e. The van der Waals surface area contributed by atoms with Crippen LogP contribution in [0.2, 0.25) is 0 Å². The van der Waals surface area contributed by atoms with E-state index in [-0.39, 0.29) is 11.3 Å². The van der Waals surface area contributed by atoms with E-state index in [1.807, 2.05) is 6.07 Å². The lowest BCUT2D eigenvalue weighted by Crippen LogP contribution is -2.39. The fraction of sp³-hybridized carbons (Fsp3) is 0.444. The van der Waals surface area contributed by atoms with E-state index >= 15 is 0 Å². The van der Waals surface area contributed by atoms with Crippen molar-refractivity contribution in [2.45, 2.75) is 37.8 Å². The van der Waals surface area contributed by atoms with Gasteiger partial charge in [0.25, 0.3) is 0 Å². The summed E-state index contributed by atoms with van der Waals surface area (Å²) in [6.07, 6.45) is 3.58. The molecule has 1 saturated heterocycles. The van der Waals surface area contributed by atoms with E-state index < -0.39 is 6.10 Å². The Hall–Kier alpha value is -2.71. The Balaban J connectivity index is 1.18. The van der Waals surface area contributed by atoms with Crippen LogP contribution in [0.1, 0.15) is 36.5 Å². The van der Waals surface area contributed by atoms with Gasteiger partial charge in [-0.25, -0.2) is 0 Å². The number of fused-ring (bicyclic) bond motifs is 1. The van der Waals surface area contributed by atoms with E-state index in [0.29, 0.717) is 29.1 Å². The zero-order valence-electron chi connectivity index (χ0n) is 19.6. The summed E-state index contributed by atoms with van der Waals surface area (Å²) in [4.78, 5) is 16.8. The summed E-state index contributed by atoms with van der Waals surface area (Å²) in [5.41, 5.74) is 2.07. The van der Waals surface area contributed by atoms with E-state index in [4.69, 9.17) is 4.74 Å². The summed E-state index contributed by atoms with van der Waals surface area (Å²) >= 11 is 0. The molecule has 7 nitrogen and oxygen atoms in total. The van der Waals surface area contributed by atoms with Gasteiger partial charge in [0, 0.05) is 43.7 Å². The fourth-order valence-corrected chi connectivity index (χ4v) is 4.77. The quantitative estimate of drug-likeness (QED) is 0.307. The molecule has 1 aromatic heterocycles. The number of phenols is 1. The van der Waals surface area contributed by atoms with Crippen molar-refractivity contribution in [1.29, 1.82) is 0 Å². The van der Waals surface area contributed by atoms with Crippen LogP contribution in [0.4, 0.5) is 0 Å². The fourth-order valence-electron chi connectivity index (χ4n) is 4.77. The molecule has 182 valence electrons. The highest BCUT2D eigenvalue weighted by Gasteiger charge is 2.24. The van der Waals surface area contributed by atoms with Crippen molar-refractivity contribution in [2.75, 3.05) is 39.4 Å². The lowest BCUT2D eigenvalue weighted by Gasteiger charge is -2.25. The average Bonchev–Trinajstić information content (AvgIpc) is 3.29. The smallest absolute Gasteiger partial charge is 0.248 e. The Morgan fingerprint density at radius 3 is 2.82 bits per heavy atom. The first-order valence-electron chi connectivity index (χ1n) is 12.2. The van der Waals surface area contributed by atoms with Crippen LogP contribution in [0.5, 0.6) is 5.75 Å². The van der Waals surface area contributed by atoms with Gasteiger partial charge < -0.3 is 25.3 Å². The van der Waals surface area contributed by atoms with Crippen LogP contribution in [-0.4, -0.2) is 65.5 Å². The van der Waals surface area contributed by atoms with Crippen molar-refractivity contribution in [3.63, 3.8) is 0 Å². The van der Waals surface area contributed by atoms with Crippen LogP contribution in [0.3, 0.4) is 0 Å². The highest BCUT2D eigenvalue weighted by Crippen LogP contribution is 2.28. The molecule has 7 heteroatoms. The molecule has 0 spiro atoms. The predicted molar refractivity (Wildman–Crippen MR) is 134 cm³/mol. The molecule has 0 radical (unpaired) electrons. The maximum Gasteiger partial charge on any atom is 0.248 e. The number of hydrogen-bond donors (Lipinski definition) is 4. The number of rotatable bonds is 12. The number of nitrogens with one attached hydrogen (secondary N) is 2. The summed E-state index contributed by atoms with van der Waals surface area (Å²) < 4.78 is 5.83. The minimum atomic E-state index is -0.734. The molecule has 4 rings (SSSR count). The number of aromatic nitrogens is 1. The zero-order chi connectivity index (χ0) is 23.8. The van der Waals surface area contributed by atoms with E-state index in [9.17, 15) is 15.0 Å². The molecule has 0 amide bonds. The number of aromatic hydroxyl groups is 1. The third kappa shape index (κ3) is 6.45. The molecular formula is C27H35N3O4. The van der Waals surface area contributed by atoms with E-state index in [1.54, 1.807) is 12.1 Å². The van der Waals surface area contributed by atoms with Gasteiger partial charge in [-0.2, -0.15) is 0 Å². The molecule has 0 bridgehead atoms. The highest BCUT2D eigenvalue weighted by molar-refractivity contribution is 5.87. The third-order valence-corrected chi connectivity index (χ3v) is 6.59. The third-order valence-electron chi connectivity index (χ3n) is 6.59. The van der Waals surface area contributed by atoms with Gasteiger partial charge in [0.2, 0.25) is 5.56 Å². The summed E-state index contributed by atoms with van der Waals surface area (Å²) in [5, 5.41) is 24.9. The number of pyridine rings is 1. The number of benzene rings is 2. The minimum absolute atomic E-state index is 0.00209. The van der Waals surface area contributed by atoms with Crippen molar-refractivity contribution >= 4 is 10.9 Å². The van der Waals surface area contributed by atoms with Crippen molar-refractivity contribution in [3.05, 3.63) is 76.1 Å². The minimum Gasteiger partial charge on any atom is -0.506 e. The molecule has 3 aromatic rings. The van der Waals surface area contributed by atoms with Crippen molar-refractivity contribution < 1.29 is 14.9 Å². The topological polar surface area (TPSA) is 97.8 Å². The molecule has 2 heterocycles. The Labute approximate surface area is 200 Å².